The maximum atomic E-state index is 10.3. The van der Waals surface area contributed by atoms with Gasteiger partial charge < -0.3 is 10.5 Å². The molecule has 3 heteroatoms. The van der Waals surface area contributed by atoms with Gasteiger partial charge in [-0.15, -0.1) is 0 Å². The van der Waals surface area contributed by atoms with Gasteiger partial charge in [0, 0.05) is 12.1 Å². The summed E-state index contributed by atoms with van der Waals surface area (Å²) in [5.74, 6) is -0.442. The van der Waals surface area contributed by atoms with Crippen LogP contribution in [0.5, 0.6) is 0 Å². The zero-order valence-corrected chi connectivity index (χ0v) is 8.47. The number of rotatable bonds is 7. The number of aliphatic carboxylic acids is 1. The van der Waals surface area contributed by atoms with Gasteiger partial charge in [0.15, 0.2) is 0 Å². The number of hydrogen-bond donors (Lipinski definition) is 2. The van der Waals surface area contributed by atoms with Crippen molar-refractivity contribution < 1.29 is 9.90 Å². The zero-order valence-electron chi connectivity index (χ0n) is 8.47. The summed E-state index contributed by atoms with van der Waals surface area (Å²) in [6.45, 7) is 3.90. The molecule has 0 aromatic heterocycles. The van der Waals surface area contributed by atoms with Crippen molar-refractivity contribution in [3.63, 3.8) is 0 Å². The Balaban J connectivity index is 3.69. The normalized spacial score (nSPS) is 12.5. The van der Waals surface area contributed by atoms with Crippen molar-refractivity contribution in [3.05, 3.63) is 0 Å². The molecule has 0 amide bonds. The fourth-order valence-electron chi connectivity index (χ4n) is 1.43. The highest BCUT2D eigenvalue weighted by atomic mass is 16.4. The second-order valence-corrected chi connectivity index (χ2v) is 3.45. The van der Waals surface area contributed by atoms with Crippen molar-refractivity contribution in [2.45, 2.75) is 46.0 Å². The van der Waals surface area contributed by atoms with E-state index >= 15 is 0 Å². The molecule has 1 atom stereocenters. The third-order valence-electron chi connectivity index (χ3n) is 2.19. The molecule has 0 heterocycles. The van der Waals surface area contributed by atoms with Gasteiger partial charge in [-0.25, -0.2) is 0 Å². The molecule has 0 rings (SSSR count). The molecule has 0 aromatic rings. The Morgan fingerprint density at radius 1 is 1.46 bits per heavy atom. The topological polar surface area (TPSA) is 61.1 Å². The summed E-state index contributed by atoms with van der Waals surface area (Å²) in [5.41, 5.74) is 0.687. The largest absolute Gasteiger partial charge is 0.481 e. The van der Waals surface area contributed by atoms with E-state index in [-0.39, 0.29) is 6.42 Å². The van der Waals surface area contributed by atoms with Gasteiger partial charge in [-0.3, -0.25) is 4.79 Å². The highest BCUT2D eigenvalue weighted by Gasteiger charge is 2.10. The predicted octanol–water partition coefficient (Wildman–Crippen LogP) is 2.70. The van der Waals surface area contributed by atoms with Gasteiger partial charge >= 0.3 is 5.97 Å². The Morgan fingerprint density at radius 2 is 2.08 bits per heavy atom. The van der Waals surface area contributed by atoms with E-state index in [1.165, 1.54) is 0 Å². The first-order chi connectivity index (χ1) is 6.07. The molecular weight excluding hydrogens is 166 g/mol. The molecule has 0 aliphatic rings. The van der Waals surface area contributed by atoms with E-state index in [2.05, 4.69) is 6.92 Å². The summed E-state index contributed by atoms with van der Waals surface area (Å²) in [6, 6.07) is 0. The Kier molecular flexibility index (Phi) is 6.20. The lowest BCUT2D eigenvalue weighted by Gasteiger charge is -2.13. The van der Waals surface area contributed by atoms with E-state index in [1.54, 1.807) is 6.92 Å². The number of carboxylic acids is 1. The van der Waals surface area contributed by atoms with E-state index < -0.39 is 5.97 Å². The second-order valence-electron chi connectivity index (χ2n) is 3.45. The third kappa shape index (κ3) is 6.31. The van der Waals surface area contributed by atoms with Gasteiger partial charge in [0.1, 0.15) is 0 Å². The van der Waals surface area contributed by atoms with E-state index in [0.29, 0.717) is 18.1 Å². The number of hydrogen-bond acceptors (Lipinski definition) is 2. The highest BCUT2D eigenvalue weighted by molar-refractivity contribution is 5.81. The summed E-state index contributed by atoms with van der Waals surface area (Å²) in [6.07, 6.45) is 3.84. The smallest absolute Gasteiger partial charge is 0.303 e. The van der Waals surface area contributed by atoms with E-state index in [0.717, 1.165) is 19.3 Å². The third-order valence-corrected chi connectivity index (χ3v) is 2.19. The molecule has 0 radical (unpaired) electrons. The van der Waals surface area contributed by atoms with E-state index in [4.69, 9.17) is 10.5 Å². The standard InChI is InChI=1S/C10H19NO2/c1-3-5-9(8(2)11)6-4-7-10(12)13/h9,11H,3-7H2,1-2H3,(H,12,13). The Hall–Kier alpha value is -0.860. The molecule has 2 N–H and O–H groups in total. The van der Waals surface area contributed by atoms with Crippen LogP contribution in [-0.2, 0) is 4.79 Å². The fraction of sp³-hybridized carbons (Fsp3) is 0.800. The van der Waals surface area contributed by atoms with Crippen LogP contribution in [0.3, 0.4) is 0 Å². The van der Waals surface area contributed by atoms with Gasteiger partial charge in [0.25, 0.3) is 0 Å². The molecule has 0 fully saturated rings. The molecule has 0 aromatic carbocycles. The van der Waals surface area contributed by atoms with Crippen molar-refractivity contribution in [3.8, 4) is 0 Å². The van der Waals surface area contributed by atoms with Gasteiger partial charge in [0.2, 0.25) is 0 Å². The molecule has 0 aliphatic heterocycles. The Bertz CT molecular complexity index is 178. The van der Waals surface area contributed by atoms with Crippen LogP contribution in [0.4, 0.5) is 0 Å². The minimum Gasteiger partial charge on any atom is -0.481 e. The van der Waals surface area contributed by atoms with Gasteiger partial charge in [-0.1, -0.05) is 13.3 Å². The van der Waals surface area contributed by atoms with Crippen LogP contribution < -0.4 is 0 Å². The maximum Gasteiger partial charge on any atom is 0.303 e. The van der Waals surface area contributed by atoms with Crippen LogP contribution in [0.25, 0.3) is 0 Å². The lowest BCUT2D eigenvalue weighted by molar-refractivity contribution is -0.137. The first-order valence-electron chi connectivity index (χ1n) is 4.84. The van der Waals surface area contributed by atoms with Gasteiger partial charge in [-0.2, -0.15) is 0 Å². The fourth-order valence-corrected chi connectivity index (χ4v) is 1.43. The average molecular weight is 185 g/mol. The molecule has 13 heavy (non-hydrogen) atoms. The van der Waals surface area contributed by atoms with Crippen LogP contribution in [0.2, 0.25) is 0 Å². The van der Waals surface area contributed by atoms with Crippen molar-refractivity contribution in [2.24, 2.45) is 5.92 Å². The minimum absolute atomic E-state index is 0.230. The van der Waals surface area contributed by atoms with Gasteiger partial charge in [-0.05, 0) is 32.1 Å². The number of nitrogens with one attached hydrogen (secondary N) is 1. The number of carboxylic acid groups (broad SMARTS) is 1. The molecule has 1 unspecified atom stereocenters. The van der Waals surface area contributed by atoms with Crippen LogP contribution in [-0.4, -0.2) is 16.8 Å². The van der Waals surface area contributed by atoms with Crippen LogP contribution in [0.15, 0.2) is 0 Å². The van der Waals surface area contributed by atoms with Crippen LogP contribution in [0.1, 0.15) is 46.0 Å². The number of carbonyl (C=O) groups is 1. The van der Waals surface area contributed by atoms with Crippen molar-refractivity contribution >= 4 is 11.7 Å². The van der Waals surface area contributed by atoms with Crippen molar-refractivity contribution in [1.29, 1.82) is 5.41 Å². The summed E-state index contributed by atoms with van der Waals surface area (Å²) in [4.78, 5) is 10.3. The molecule has 0 spiro atoms. The highest BCUT2D eigenvalue weighted by Crippen LogP contribution is 2.15. The first-order valence-corrected chi connectivity index (χ1v) is 4.84. The molecule has 0 aliphatic carbocycles. The minimum atomic E-state index is -0.738. The molecule has 0 saturated heterocycles. The van der Waals surface area contributed by atoms with Crippen molar-refractivity contribution in [2.75, 3.05) is 0 Å². The van der Waals surface area contributed by atoms with E-state index in [9.17, 15) is 4.79 Å². The van der Waals surface area contributed by atoms with Gasteiger partial charge in [0.05, 0.1) is 0 Å². The SMILES string of the molecule is CCCC(CCCC(=O)O)C(C)=N. The summed E-state index contributed by atoms with van der Waals surface area (Å²) in [7, 11) is 0. The maximum absolute atomic E-state index is 10.3. The molecule has 3 nitrogen and oxygen atoms in total. The molecular formula is C10H19NO2. The Labute approximate surface area is 79.7 Å². The van der Waals surface area contributed by atoms with Crippen LogP contribution >= 0.6 is 0 Å². The van der Waals surface area contributed by atoms with E-state index in [1.807, 2.05) is 0 Å². The lowest BCUT2D eigenvalue weighted by atomic mass is 9.93. The monoisotopic (exact) mass is 185 g/mol. The summed E-state index contributed by atoms with van der Waals surface area (Å²) < 4.78 is 0. The Morgan fingerprint density at radius 3 is 2.46 bits per heavy atom. The zero-order chi connectivity index (χ0) is 10.3. The summed E-state index contributed by atoms with van der Waals surface area (Å²) in [5, 5.41) is 15.9. The summed E-state index contributed by atoms with van der Waals surface area (Å²) >= 11 is 0. The predicted molar refractivity (Wildman–Crippen MR) is 53.3 cm³/mol. The second kappa shape index (κ2) is 6.63. The first kappa shape index (κ1) is 12.1. The quantitative estimate of drug-likeness (QED) is 0.599. The van der Waals surface area contributed by atoms with Crippen LogP contribution in [0, 0.1) is 11.3 Å². The average Bonchev–Trinajstić information content (AvgIpc) is 2.02. The van der Waals surface area contributed by atoms with Crippen molar-refractivity contribution in [1.82, 2.24) is 0 Å². The molecule has 0 saturated carbocycles. The molecule has 0 bridgehead atoms. The molecule has 76 valence electrons. The lowest BCUT2D eigenvalue weighted by Crippen LogP contribution is -2.10.